The molecule has 1 aliphatic carbocycles. The van der Waals surface area contributed by atoms with Crippen LogP contribution >= 0.6 is 0 Å². The molecular formula is C14H14O. The molecule has 1 heterocycles. The van der Waals surface area contributed by atoms with Crippen molar-refractivity contribution >= 4 is 0 Å². The van der Waals surface area contributed by atoms with E-state index in [0.29, 0.717) is 0 Å². The molecule has 0 bridgehead atoms. The number of rotatable bonds is 2. The molecule has 0 atom stereocenters. The Bertz CT molecular complexity index is 379. The second kappa shape index (κ2) is 4.18. The van der Waals surface area contributed by atoms with Crippen LogP contribution in [-0.2, 0) is 4.74 Å². The van der Waals surface area contributed by atoms with Gasteiger partial charge in [0.05, 0.1) is 0 Å². The standard InChI is InChI=1S/C14H14O/c1-3-11-10-12-8-6-5-7-9-14(12)15-13(11)4-2/h3-4,6-9H,1-2,5,10H2. The molecule has 0 N–H and O–H groups in total. The summed E-state index contributed by atoms with van der Waals surface area (Å²) in [5.41, 5.74) is 2.31. The van der Waals surface area contributed by atoms with E-state index in [9.17, 15) is 0 Å². The van der Waals surface area contributed by atoms with Crippen LogP contribution < -0.4 is 0 Å². The lowest BCUT2D eigenvalue weighted by Gasteiger charge is -2.19. The molecule has 0 fully saturated rings. The lowest BCUT2D eigenvalue weighted by molar-refractivity contribution is 0.319. The summed E-state index contributed by atoms with van der Waals surface area (Å²) >= 11 is 0. The van der Waals surface area contributed by atoms with Crippen molar-refractivity contribution in [2.75, 3.05) is 0 Å². The summed E-state index contributed by atoms with van der Waals surface area (Å²) in [5, 5.41) is 0. The normalized spacial score (nSPS) is 19.5. The average molecular weight is 198 g/mol. The third-order valence-electron chi connectivity index (χ3n) is 2.53. The quantitative estimate of drug-likeness (QED) is 0.655. The van der Waals surface area contributed by atoms with Gasteiger partial charge in [0.25, 0.3) is 0 Å². The molecule has 15 heavy (non-hydrogen) atoms. The Morgan fingerprint density at radius 3 is 2.67 bits per heavy atom. The zero-order valence-electron chi connectivity index (χ0n) is 8.70. The molecule has 0 aromatic carbocycles. The fourth-order valence-electron chi connectivity index (χ4n) is 1.72. The Kier molecular flexibility index (Phi) is 2.72. The van der Waals surface area contributed by atoms with E-state index in [2.05, 4.69) is 31.4 Å². The minimum atomic E-state index is 0.823. The lowest BCUT2D eigenvalue weighted by Crippen LogP contribution is -2.03. The predicted molar refractivity (Wildman–Crippen MR) is 63.0 cm³/mol. The molecule has 0 aromatic rings. The van der Waals surface area contributed by atoms with Crippen molar-refractivity contribution in [2.45, 2.75) is 12.8 Å². The van der Waals surface area contributed by atoms with Crippen LogP contribution in [0.15, 0.2) is 72.3 Å². The van der Waals surface area contributed by atoms with Gasteiger partial charge in [0, 0.05) is 6.42 Å². The van der Waals surface area contributed by atoms with E-state index in [1.807, 2.05) is 12.2 Å². The first-order valence-electron chi connectivity index (χ1n) is 5.07. The van der Waals surface area contributed by atoms with Crippen molar-refractivity contribution in [3.63, 3.8) is 0 Å². The molecule has 0 unspecified atom stereocenters. The van der Waals surface area contributed by atoms with Crippen molar-refractivity contribution < 1.29 is 4.74 Å². The summed E-state index contributed by atoms with van der Waals surface area (Å²) in [7, 11) is 0. The fraction of sp³-hybridized carbons (Fsp3) is 0.143. The molecule has 0 saturated heterocycles. The Hall–Kier alpha value is -1.76. The zero-order valence-corrected chi connectivity index (χ0v) is 8.70. The maximum absolute atomic E-state index is 5.75. The van der Waals surface area contributed by atoms with Gasteiger partial charge in [-0.05, 0) is 29.7 Å². The van der Waals surface area contributed by atoms with E-state index in [1.54, 1.807) is 6.08 Å². The third-order valence-corrected chi connectivity index (χ3v) is 2.53. The van der Waals surface area contributed by atoms with Crippen molar-refractivity contribution in [3.05, 3.63) is 72.3 Å². The second-order valence-corrected chi connectivity index (χ2v) is 3.51. The summed E-state index contributed by atoms with van der Waals surface area (Å²) in [6, 6.07) is 0. The highest BCUT2D eigenvalue weighted by atomic mass is 16.5. The maximum Gasteiger partial charge on any atom is 0.130 e. The van der Waals surface area contributed by atoms with Gasteiger partial charge in [0.15, 0.2) is 0 Å². The lowest BCUT2D eigenvalue weighted by atomic mass is 10.00. The van der Waals surface area contributed by atoms with Crippen LogP contribution in [0.5, 0.6) is 0 Å². The molecule has 2 aliphatic rings. The van der Waals surface area contributed by atoms with Crippen LogP contribution in [0.1, 0.15) is 12.8 Å². The Morgan fingerprint density at radius 1 is 1.13 bits per heavy atom. The largest absolute Gasteiger partial charge is 0.457 e. The summed E-state index contributed by atoms with van der Waals surface area (Å²) in [5.74, 6) is 1.76. The third kappa shape index (κ3) is 1.86. The average Bonchev–Trinajstić information content (AvgIpc) is 2.51. The number of hydrogen-bond donors (Lipinski definition) is 0. The first-order valence-corrected chi connectivity index (χ1v) is 5.07. The fourth-order valence-corrected chi connectivity index (χ4v) is 1.72. The highest BCUT2D eigenvalue weighted by Gasteiger charge is 2.16. The van der Waals surface area contributed by atoms with Crippen molar-refractivity contribution in [1.29, 1.82) is 0 Å². The molecule has 2 rings (SSSR count). The van der Waals surface area contributed by atoms with Gasteiger partial charge in [-0.2, -0.15) is 0 Å². The SMILES string of the molecule is C=CC1=C(C=C)OC2=C(C=CCC=C2)C1. The monoisotopic (exact) mass is 198 g/mol. The molecule has 0 radical (unpaired) electrons. The molecule has 1 heteroatoms. The molecule has 0 saturated carbocycles. The van der Waals surface area contributed by atoms with E-state index >= 15 is 0 Å². The molecule has 1 nitrogen and oxygen atoms in total. The first kappa shape index (κ1) is 9.78. The van der Waals surface area contributed by atoms with Gasteiger partial charge in [-0.1, -0.05) is 37.5 Å². The van der Waals surface area contributed by atoms with Crippen LogP contribution in [0.4, 0.5) is 0 Å². The molecular weight excluding hydrogens is 184 g/mol. The van der Waals surface area contributed by atoms with Gasteiger partial charge in [0.2, 0.25) is 0 Å². The van der Waals surface area contributed by atoms with Crippen LogP contribution in [0.3, 0.4) is 0 Å². The zero-order chi connectivity index (χ0) is 10.7. The smallest absolute Gasteiger partial charge is 0.130 e. The van der Waals surface area contributed by atoms with Crippen molar-refractivity contribution in [1.82, 2.24) is 0 Å². The Balaban J connectivity index is 2.36. The summed E-state index contributed by atoms with van der Waals surface area (Å²) in [6.45, 7) is 7.54. The van der Waals surface area contributed by atoms with Crippen molar-refractivity contribution in [3.8, 4) is 0 Å². The van der Waals surface area contributed by atoms with E-state index < -0.39 is 0 Å². The van der Waals surface area contributed by atoms with Crippen LogP contribution in [-0.4, -0.2) is 0 Å². The van der Waals surface area contributed by atoms with E-state index in [1.165, 1.54) is 5.57 Å². The molecule has 0 amide bonds. The molecule has 0 aromatic heterocycles. The Labute approximate surface area is 90.4 Å². The highest BCUT2D eigenvalue weighted by Crippen LogP contribution is 2.31. The molecule has 1 aliphatic heterocycles. The van der Waals surface area contributed by atoms with Gasteiger partial charge < -0.3 is 4.74 Å². The Morgan fingerprint density at radius 2 is 1.93 bits per heavy atom. The summed E-state index contributed by atoms with van der Waals surface area (Å²) in [6.07, 6.45) is 13.8. The molecule has 0 spiro atoms. The summed E-state index contributed by atoms with van der Waals surface area (Å²) < 4.78 is 5.75. The van der Waals surface area contributed by atoms with Gasteiger partial charge in [-0.15, -0.1) is 0 Å². The van der Waals surface area contributed by atoms with Crippen LogP contribution in [0, 0.1) is 0 Å². The minimum Gasteiger partial charge on any atom is -0.457 e. The van der Waals surface area contributed by atoms with Crippen molar-refractivity contribution in [2.24, 2.45) is 0 Å². The predicted octanol–water partition coefficient (Wildman–Crippen LogP) is 3.80. The van der Waals surface area contributed by atoms with E-state index in [-0.39, 0.29) is 0 Å². The van der Waals surface area contributed by atoms with Crippen LogP contribution in [0.2, 0.25) is 0 Å². The number of ether oxygens (including phenoxy) is 1. The van der Waals surface area contributed by atoms with Gasteiger partial charge in [-0.3, -0.25) is 0 Å². The minimum absolute atomic E-state index is 0.823. The number of hydrogen-bond acceptors (Lipinski definition) is 1. The van der Waals surface area contributed by atoms with Gasteiger partial charge >= 0.3 is 0 Å². The van der Waals surface area contributed by atoms with Gasteiger partial charge in [0.1, 0.15) is 11.5 Å². The maximum atomic E-state index is 5.75. The molecule has 76 valence electrons. The second-order valence-electron chi connectivity index (χ2n) is 3.51. The highest BCUT2D eigenvalue weighted by molar-refractivity contribution is 5.44. The first-order chi connectivity index (χ1) is 7.35. The number of allylic oxidation sites excluding steroid dienone is 8. The van der Waals surface area contributed by atoms with Gasteiger partial charge in [-0.25, -0.2) is 0 Å². The summed E-state index contributed by atoms with van der Waals surface area (Å²) in [4.78, 5) is 0. The van der Waals surface area contributed by atoms with Crippen LogP contribution in [0.25, 0.3) is 0 Å². The van der Waals surface area contributed by atoms with E-state index in [0.717, 1.165) is 29.9 Å². The topological polar surface area (TPSA) is 9.23 Å². The van der Waals surface area contributed by atoms with E-state index in [4.69, 9.17) is 4.74 Å².